The Morgan fingerprint density at radius 3 is 2.74 bits per heavy atom. The van der Waals surface area contributed by atoms with E-state index in [0.29, 0.717) is 5.92 Å². The van der Waals surface area contributed by atoms with Gasteiger partial charge in [-0.15, -0.1) is 0 Å². The highest BCUT2D eigenvalue weighted by Gasteiger charge is 2.20. The Kier molecular flexibility index (Phi) is 3.25. The Morgan fingerprint density at radius 1 is 1.21 bits per heavy atom. The maximum atomic E-state index is 9.65. The van der Waals surface area contributed by atoms with Crippen LogP contribution in [0.5, 0.6) is 5.75 Å². The molecule has 0 spiro atoms. The van der Waals surface area contributed by atoms with Gasteiger partial charge in [0.1, 0.15) is 11.6 Å². The summed E-state index contributed by atoms with van der Waals surface area (Å²) in [5.74, 6) is 1.62. The quantitative estimate of drug-likeness (QED) is 0.866. The van der Waals surface area contributed by atoms with Gasteiger partial charge in [0, 0.05) is 31.3 Å². The molecule has 19 heavy (non-hydrogen) atoms. The third-order valence-electron chi connectivity index (χ3n) is 3.90. The van der Waals surface area contributed by atoms with Gasteiger partial charge in [-0.3, -0.25) is 0 Å². The van der Waals surface area contributed by atoms with Crippen molar-refractivity contribution in [1.29, 1.82) is 0 Å². The second-order valence-corrected chi connectivity index (χ2v) is 5.15. The fraction of sp³-hybridized carbons (Fsp3) is 0.400. The van der Waals surface area contributed by atoms with Crippen LogP contribution in [0.15, 0.2) is 30.5 Å². The lowest BCUT2D eigenvalue weighted by Crippen LogP contribution is -2.35. The fourth-order valence-corrected chi connectivity index (χ4v) is 2.72. The molecule has 0 atom stereocenters. The lowest BCUT2D eigenvalue weighted by molar-refractivity contribution is 0.203. The number of anilines is 1. The van der Waals surface area contributed by atoms with Gasteiger partial charge < -0.3 is 15.1 Å². The van der Waals surface area contributed by atoms with Crippen LogP contribution in [0.3, 0.4) is 0 Å². The molecule has 0 amide bonds. The SMILES string of the molecule is OCC1CCN(c2nccc3ccc(O)cc23)CC1. The van der Waals surface area contributed by atoms with E-state index in [1.54, 1.807) is 12.1 Å². The fourth-order valence-electron chi connectivity index (χ4n) is 2.72. The minimum absolute atomic E-state index is 0.270. The number of hydrogen-bond donors (Lipinski definition) is 2. The third kappa shape index (κ3) is 2.36. The number of hydrogen-bond acceptors (Lipinski definition) is 4. The molecule has 1 aliphatic rings. The molecule has 3 rings (SSSR count). The second-order valence-electron chi connectivity index (χ2n) is 5.15. The number of aromatic nitrogens is 1. The molecule has 2 heterocycles. The Labute approximate surface area is 112 Å². The number of rotatable bonds is 2. The zero-order valence-corrected chi connectivity index (χ0v) is 10.8. The molecule has 1 saturated heterocycles. The Morgan fingerprint density at radius 2 is 2.00 bits per heavy atom. The normalized spacial score (nSPS) is 17.0. The van der Waals surface area contributed by atoms with Gasteiger partial charge in [-0.05, 0) is 42.3 Å². The number of aromatic hydroxyl groups is 1. The minimum atomic E-state index is 0.270. The van der Waals surface area contributed by atoms with Gasteiger partial charge in [0.15, 0.2) is 0 Å². The summed E-state index contributed by atoms with van der Waals surface area (Å²) in [6.45, 7) is 2.09. The number of fused-ring (bicyclic) bond motifs is 1. The summed E-state index contributed by atoms with van der Waals surface area (Å²) in [4.78, 5) is 6.72. The molecule has 0 saturated carbocycles. The third-order valence-corrected chi connectivity index (χ3v) is 3.90. The lowest BCUT2D eigenvalue weighted by Gasteiger charge is -2.32. The summed E-state index contributed by atoms with van der Waals surface area (Å²) in [5, 5.41) is 20.9. The number of nitrogens with zero attached hydrogens (tertiary/aromatic N) is 2. The highest BCUT2D eigenvalue weighted by Crippen LogP contribution is 2.30. The number of aliphatic hydroxyl groups excluding tert-OH is 1. The summed E-state index contributed by atoms with van der Waals surface area (Å²) in [7, 11) is 0. The van der Waals surface area contributed by atoms with Gasteiger partial charge in [0.2, 0.25) is 0 Å². The molecule has 4 nitrogen and oxygen atoms in total. The van der Waals surface area contributed by atoms with E-state index in [9.17, 15) is 10.2 Å². The summed E-state index contributed by atoms with van der Waals surface area (Å²) < 4.78 is 0. The largest absolute Gasteiger partial charge is 0.508 e. The molecular weight excluding hydrogens is 240 g/mol. The average Bonchev–Trinajstić information content (AvgIpc) is 2.47. The van der Waals surface area contributed by atoms with Crippen molar-refractivity contribution in [3.05, 3.63) is 30.5 Å². The minimum Gasteiger partial charge on any atom is -0.508 e. The van der Waals surface area contributed by atoms with E-state index in [1.807, 2.05) is 18.3 Å². The lowest BCUT2D eigenvalue weighted by atomic mass is 9.97. The Bertz CT molecular complexity index is 577. The molecule has 1 aromatic carbocycles. The molecule has 1 aromatic heterocycles. The van der Waals surface area contributed by atoms with E-state index < -0.39 is 0 Å². The number of aliphatic hydroxyl groups is 1. The molecule has 0 radical (unpaired) electrons. The van der Waals surface area contributed by atoms with Gasteiger partial charge in [0.25, 0.3) is 0 Å². The second kappa shape index (κ2) is 5.05. The van der Waals surface area contributed by atoms with Gasteiger partial charge in [-0.2, -0.15) is 0 Å². The van der Waals surface area contributed by atoms with Crippen LogP contribution >= 0.6 is 0 Å². The van der Waals surface area contributed by atoms with Crippen LogP contribution in [-0.2, 0) is 0 Å². The topological polar surface area (TPSA) is 56.6 Å². The van der Waals surface area contributed by atoms with E-state index in [-0.39, 0.29) is 12.4 Å². The van der Waals surface area contributed by atoms with Crippen LogP contribution in [-0.4, -0.2) is 34.9 Å². The summed E-state index contributed by atoms with van der Waals surface area (Å²) in [5.41, 5.74) is 0. The first-order valence-corrected chi connectivity index (χ1v) is 6.71. The summed E-state index contributed by atoms with van der Waals surface area (Å²) in [6, 6.07) is 7.34. The first kappa shape index (κ1) is 12.2. The van der Waals surface area contributed by atoms with Gasteiger partial charge >= 0.3 is 0 Å². The highest BCUT2D eigenvalue weighted by molar-refractivity contribution is 5.93. The van der Waals surface area contributed by atoms with Crippen molar-refractivity contribution in [2.45, 2.75) is 12.8 Å². The molecule has 1 aliphatic heterocycles. The zero-order valence-electron chi connectivity index (χ0n) is 10.8. The van der Waals surface area contributed by atoms with Crippen LogP contribution in [0.4, 0.5) is 5.82 Å². The predicted molar refractivity (Wildman–Crippen MR) is 75.4 cm³/mol. The number of phenolic OH excluding ortho intramolecular Hbond substituents is 1. The molecule has 0 bridgehead atoms. The number of benzene rings is 1. The molecule has 2 aromatic rings. The molecule has 1 fully saturated rings. The zero-order chi connectivity index (χ0) is 13.2. The van der Waals surface area contributed by atoms with Gasteiger partial charge in [0.05, 0.1) is 0 Å². The first-order valence-electron chi connectivity index (χ1n) is 6.71. The van der Waals surface area contributed by atoms with Gasteiger partial charge in [-0.25, -0.2) is 4.98 Å². The van der Waals surface area contributed by atoms with Crippen LogP contribution in [0.1, 0.15) is 12.8 Å². The number of pyridine rings is 1. The number of piperidine rings is 1. The highest BCUT2D eigenvalue weighted by atomic mass is 16.3. The Hall–Kier alpha value is -1.81. The van der Waals surface area contributed by atoms with Crippen molar-refractivity contribution in [3.8, 4) is 5.75 Å². The summed E-state index contributed by atoms with van der Waals surface area (Å²) in [6.07, 6.45) is 3.80. The maximum Gasteiger partial charge on any atom is 0.136 e. The molecule has 100 valence electrons. The van der Waals surface area contributed by atoms with Crippen molar-refractivity contribution < 1.29 is 10.2 Å². The first-order chi connectivity index (χ1) is 9.28. The molecule has 2 N–H and O–H groups in total. The van der Waals surface area contributed by atoms with E-state index in [2.05, 4.69) is 9.88 Å². The van der Waals surface area contributed by atoms with Crippen molar-refractivity contribution in [2.24, 2.45) is 5.92 Å². The monoisotopic (exact) mass is 258 g/mol. The Balaban J connectivity index is 1.94. The van der Waals surface area contributed by atoms with Crippen LogP contribution < -0.4 is 4.90 Å². The predicted octanol–water partition coefficient (Wildman–Crippen LogP) is 2.15. The molecular formula is C15H18N2O2. The van der Waals surface area contributed by atoms with Crippen LogP contribution in [0.25, 0.3) is 10.8 Å². The maximum absolute atomic E-state index is 9.65. The molecule has 0 unspecified atom stereocenters. The smallest absolute Gasteiger partial charge is 0.136 e. The molecule has 4 heteroatoms. The van der Waals surface area contributed by atoms with E-state index in [0.717, 1.165) is 42.5 Å². The standard InChI is InChI=1S/C15H18N2O2/c18-10-11-4-7-17(8-5-11)15-14-9-13(19)2-1-12(14)3-6-16-15/h1-3,6,9,11,18-19H,4-5,7-8,10H2. The van der Waals surface area contributed by atoms with Crippen LogP contribution in [0, 0.1) is 5.92 Å². The van der Waals surface area contributed by atoms with E-state index in [4.69, 9.17) is 0 Å². The van der Waals surface area contributed by atoms with Crippen molar-refractivity contribution in [1.82, 2.24) is 4.98 Å². The van der Waals surface area contributed by atoms with Crippen molar-refractivity contribution in [2.75, 3.05) is 24.6 Å². The average molecular weight is 258 g/mol. The van der Waals surface area contributed by atoms with Crippen molar-refractivity contribution in [3.63, 3.8) is 0 Å². The summed E-state index contributed by atoms with van der Waals surface area (Å²) >= 11 is 0. The van der Waals surface area contributed by atoms with E-state index >= 15 is 0 Å². The van der Waals surface area contributed by atoms with Gasteiger partial charge in [-0.1, -0.05) is 6.07 Å². The van der Waals surface area contributed by atoms with Crippen LogP contribution in [0.2, 0.25) is 0 Å². The molecule has 0 aliphatic carbocycles. The van der Waals surface area contributed by atoms with Crippen molar-refractivity contribution >= 4 is 16.6 Å². The number of phenols is 1. The van der Waals surface area contributed by atoms with E-state index in [1.165, 1.54) is 0 Å².